The molecule has 1 N–H and O–H groups in total. The highest BCUT2D eigenvalue weighted by atomic mass is 79.9. The zero-order valence-electron chi connectivity index (χ0n) is 11.9. The molecular weight excluding hydrogens is 358 g/mol. The zero-order valence-corrected chi connectivity index (χ0v) is 13.4. The van der Waals surface area contributed by atoms with Gasteiger partial charge in [0.15, 0.2) is 0 Å². The van der Waals surface area contributed by atoms with Crippen LogP contribution in [0.1, 0.15) is 11.1 Å². The maximum atomic E-state index is 12.4. The van der Waals surface area contributed by atoms with Gasteiger partial charge in [-0.15, -0.1) is 0 Å². The molecule has 0 fully saturated rings. The average molecular weight is 373 g/mol. The zero-order chi connectivity index (χ0) is 15.9. The maximum Gasteiger partial charge on any atom is 0.387 e. The molecular formula is C15H15BrF2N2O2. The topological polar surface area (TPSA) is 43.4 Å². The summed E-state index contributed by atoms with van der Waals surface area (Å²) in [7, 11) is 1.55. The van der Waals surface area contributed by atoms with Crippen LogP contribution in [0, 0.1) is 0 Å². The van der Waals surface area contributed by atoms with E-state index in [1.807, 2.05) is 6.07 Å². The van der Waals surface area contributed by atoms with E-state index in [2.05, 4.69) is 31.0 Å². The van der Waals surface area contributed by atoms with E-state index in [4.69, 9.17) is 4.74 Å². The lowest BCUT2D eigenvalue weighted by atomic mass is 10.2. The van der Waals surface area contributed by atoms with Crippen molar-refractivity contribution >= 4 is 15.9 Å². The van der Waals surface area contributed by atoms with Crippen molar-refractivity contribution in [3.8, 4) is 11.6 Å². The van der Waals surface area contributed by atoms with Crippen molar-refractivity contribution in [2.45, 2.75) is 19.7 Å². The Morgan fingerprint density at radius 1 is 1.23 bits per heavy atom. The summed E-state index contributed by atoms with van der Waals surface area (Å²) in [6.45, 7) is -1.89. The number of nitrogens with one attached hydrogen (secondary N) is 1. The molecule has 118 valence electrons. The Bertz CT molecular complexity index is 609. The number of halogens is 3. The summed E-state index contributed by atoms with van der Waals surface area (Å²) in [5.74, 6) is 0.710. The number of alkyl halides is 2. The number of rotatable bonds is 7. The van der Waals surface area contributed by atoms with Crippen LogP contribution >= 0.6 is 15.9 Å². The van der Waals surface area contributed by atoms with Gasteiger partial charge >= 0.3 is 6.61 Å². The third-order valence-corrected chi connectivity index (χ3v) is 3.38. The lowest BCUT2D eigenvalue weighted by Gasteiger charge is -2.12. The fourth-order valence-electron chi connectivity index (χ4n) is 1.87. The van der Waals surface area contributed by atoms with Crippen LogP contribution in [0.5, 0.6) is 11.6 Å². The van der Waals surface area contributed by atoms with E-state index in [9.17, 15) is 8.78 Å². The Morgan fingerprint density at radius 2 is 2.05 bits per heavy atom. The Labute approximate surface area is 135 Å². The molecule has 1 heterocycles. The average Bonchev–Trinajstić information content (AvgIpc) is 2.50. The van der Waals surface area contributed by atoms with E-state index in [0.29, 0.717) is 24.5 Å². The molecule has 0 amide bonds. The van der Waals surface area contributed by atoms with Gasteiger partial charge in [-0.05, 0) is 23.8 Å². The molecule has 0 atom stereocenters. The maximum absolute atomic E-state index is 12.4. The monoisotopic (exact) mass is 372 g/mol. The minimum absolute atomic E-state index is 0.165. The van der Waals surface area contributed by atoms with Gasteiger partial charge in [-0.3, -0.25) is 0 Å². The molecule has 0 aliphatic rings. The molecule has 0 aliphatic carbocycles. The number of pyridine rings is 1. The highest BCUT2D eigenvalue weighted by Crippen LogP contribution is 2.24. The molecule has 0 bridgehead atoms. The molecule has 2 aromatic rings. The molecule has 0 saturated heterocycles. The van der Waals surface area contributed by atoms with Gasteiger partial charge in [0, 0.05) is 35.4 Å². The number of ether oxygens (including phenoxy) is 2. The fourth-order valence-corrected chi connectivity index (χ4v) is 2.28. The number of hydrogen-bond donors (Lipinski definition) is 1. The normalized spacial score (nSPS) is 10.8. The summed E-state index contributed by atoms with van der Waals surface area (Å²) in [5.41, 5.74) is 1.61. The van der Waals surface area contributed by atoms with E-state index in [0.717, 1.165) is 10.0 Å². The van der Waals surface area contributed by atoms with Crippen LogP contribution < -0.4 is 14.8 Å². The third-order valence-electron chi connectivity index (χ3n) is 2.89. The van der Waals surface area contributed by atoms with Crippen molar-refractivity contribution in [1.82, 2.24) is 10.3 Å². The summed E-state index contributed by atoms with van der Waals surface area (Å²) in [6.07, 6.45) is 1.70. The van der Waals surface area contributed by atoms with Crippen LogP contribution in [0.4, 0.5) is 8.78 Å². The van der Waals surface area contributed by atoms with Gasteiger partial charge in [0.2, 0.25) is 5.88 Å². The van der Waals surface area contributed by atoms with E-state index in [1.165, 1.54) is 6.07 Å². The van der Waals surface area contributed by atoms with Crippen LogP contribution in [0.2, 0.25) is 0 Å². The van der Waals surface area contributed by atoms with E-state index in [1.54, 1.807) is 31.5 Å². The highest BCUT2D eigenvalue weighted by molar-refractivity contribution is 9.10. The standard InChI is InChI=1S/C15H15BrF2N2O2/c1-21-14-5-2-10(8-20-14)7-19-9-11-6-12(16)3-4-13(11)22-15(17)18/h2-6,8,15,19H,7,9H2,1H3. The lowest BCUT2D eigenvalue weighted by Crippen LogP contribution is -2.14. The van der Waals surface area contributed by atoms with Gasteiger partial charge in [-0.1, -0.05) is 22.0 Å². The number of methoxy groups -OCH3 is 1. The summed E-state index contributed by atoms with van der Waals surface area (Å²) >= 11 is 3.32. The SMILES string of the molecule is COc1ccc(CNCc2cc(Br)ccc2OC(F)F)cn1. The van der Waals surface area contributed by atoms with E-state index < -0.39 is 6.61 Å². The first-order valence-corrected chi connectivity index (χ1v) is 7.30. The molecule has 0 saturated carbocycles. The summed E-state index contributed by atoms with van der Waals surface area (Å²) in [6, 6.07) is 8.57. The van der Waals surface area contributed by atoms with Gasteiger partial charge in [-0.25, -0.2) is 4.98 Å². The number of benzene rings is 1. The molecule has 0 spiro atoms. The first-order chi connectivity index (χ1) is 10.6. The quantitative estimate of drug-likeness (QED) is 0.803. The molecule has 0 aliphatic heterocycles. The smallest absolute Gasteiger partial charge is 0.387 e. The molecule has 7 heteroatoms. The predicted octanol–water partition coefficient (Wildman–Crippen LogP) is 3.74. The van der Waals surface area contributed by atoms with Crippen molar-refractivity contribution in [3.63, 3.8) is 0 Å². The molecule has 22 heavy (non-hydrogen) atoms. The fraction of sp³-hybridized carbons (Fsp3) is 0.267. The first-order valence-electron chi connectivity index (χ1n) is 6.51. The molecule has 1 aromatic carbocycles. The second kappa shape index (κ2) is 8.05. The van der Waals surface area contributed by atoms with Gasteiger partial charge in [0.25, 0.3) is 0 Å². The Balaban J connectivity index is 1.96. The van der Waals surface area contributed by atoms with Crippen molar-refractivity contribution < 1.29 is 18.3 Å². The predicted molar refractivity (Wildman–Crippen MR) is 82.1 cm³/mol. The first kappa shape index (κ1) is 16.6. The van der Waals surface area contributed by atoms with Gasteiger partial charge < -0.3 is 14.8 Å². The number of hydrogen-bond acceptors (Lipinski definition) is 4. The van der Waals surface area contributed by atoms with Gasteiger partial charge in [-0.2, -0.15) is 8.78 Å². The molecule has 1 aromatic heterocycles. The van der Waals surface area contributed by atoms with Crippen molar-refractivity contribution in [3.05, 3.63) is 52.1 Å². The minimum Gasteiger partial charge on any atom is -0.481 e. The van der Waals surface area contributed by atoms with Gasteiger partial charge in [0.05, 0.1) is 7.11 Å². The number of nitrogens with zero attached hydrogens (tertiary/aromatic N) is 1. The Kier molecular flexibility index (Phi) is 6.09. The molecule has 2 rings (SSSR count). The lowest BCUT2D eigenvalue weighted by molar-refractivity contribution is -0.0505. The van der Waals surface area contributed by atoms with Crippen LogP contribution in [-0.4, -0.2) is 18.7 Å². The van der Waals surface area contributed by atoms with E-state index in [-0.39, 0.29) is 5.75 Å². The van der Waals surface area contributed by atoms with Crippen LogP contribution in [0.15, 0.2) is 41.0 Å². The van der Waals surface area contributed by atoms with Crippen LogP contribution in [0.3, 0.4) is 0 Å². The van der Waals surface area contributed by atoms with Crippen LogP contribution in [-0.2, 0) is 13.1 Å². The largest absolute Gasteiger partial charge is 0.481 e. The summed E-state index contributed by atoms with van der Waals surface area (Å²) in [4.78, 5) is 4.10. The Morgan fingerprint density at radius 3 is 2.68 bits per heavy atom. The molecule has 4 nitrogen and oxygen atoms in total. The minimum atomic E-state index is -2.84. The van der Waals surface area contributed by atoms with Crippen molar-refractivity contribution in [2.24, 2.45) is 0 Å². The Hall–Kier alpha value is -1.73. The third kappa shape index (κ3) is 4.92. The summed E-state index contributed by atoms with van der Waals surface area (Å²) < 4.78 is 35.1. The van der Waals surface area contributed by atoms with Gasteiger partial charge in [0.1, 0.15) is 5.75 Å². The highest BCUT2D eigenvalue weighted by Gasteiger charge is 2.10. The summed E-state index contributed by atoms with van der Waals surface area (Å²) in [5, 5.41) is 3.17. The second-order valence-electron chi connectivity index (χ2n) is 4.44. The van der Waals surface area contributed by atoms with E-state index >= 15 is 0 Å². The van der Waals surface area contributed by atoms with Crippen LogP contribution in [0.25, 0.3) is 0 Å². The number of aromatic nitrogens is 1. The van der Waals surface area contributed by atoms with Crippen molar-refractivity contribution in [1.29, 1.82) is 0 Å². The van der Waals surface area contributed by atoms with Crippen molar-refractivity contribution in [2.75, 3.05) is 7.11 Å². The molecule has 0 radical (unpaired) electrons. The molecule has 0 unspecified atom stereocenters. The second-order valence-corrected chi connectivity index (χ2v) is 5.36.